The Morgan fingerprint density at radius 2 is 2.37 bits per heavy atom. The van der Waals surface area contributed by atoms with E-state index in [-0.39, 0.29) is 11.9 Å². The molecule has 0 aromatic carbocycles. The van der Waals surface area contributed by atoms with E-state index >= 15 is 0 Å². The van der Waals surface area contributed by atoms with E-state index in [1.165, 1.54) is 6.33 Å². The quantitative estimate of drug-likeness (QED) is 0.823. The predicted octanol–water partition coefficient (Wildman–Crippen LogP) is 0.490. The number of likely N-dealkylation sites (tertiary alicyclic amines) is 1. The van der Waals surface area contributed by atoms with Crippen LogP contribution >= 0.6 is 0 Å². The summed E-state index contributed by atoms with van der Waals surface area (Å²) in [6, 6.07) is 0.148. The average Bonchev–Trinajstić information content (AvgIpc) is 2.39. The van der Waals surface area contributed by atoms with Crippen LogP contribution in [0.3, 0.4) is 0 Å². The first kappa shape index (κ1) is 13.4. The van der Waals surface area contributed by atoms with Crippen LogP contribution in [0.5, 0.6) is 5.88 Å². The molecule has 1 atom stereocenters. The van der Waals surface area contributed by atoms with E-state index in [0.29, 0.717) is 37.0 Å². The van der Waals surface area contributed by atoms with E-state index in [4.69, 9.17) is 10.5 Å². The molecular formula is C12H19N5O2. The molecule has 2 rings (SSSR count). The fourth-order valence-corrected chi connectivity index (χ4v) is 2.07. The Balaban J connectivity index is 2.07. The van der Waals surface area contributed by atoms with Gasteiger partial charge in [0.1, 0.15) is 12.0 Å². The molecule has 7 heteroatoms. The molecule has 7 nitrogen and oxygen atoms in total. The Bertz CT molecular complexity index is 465. The minimum Gasteiger partial charge on any atom is -0.476 e. The molecule has 1 aliphatic rings. The highest BCUT2D eigenvalue weighted by Gasteiger charge is 2.23. The third-order valence-corrected chi connectivity index (χ3v) is 3.10. The van der Waals surface area contributed by atoms with Crippen molar-refractivity contribution >= 4 is 17.4 Å². The molecule has 104 valence electrons. The molecule has 1 aromatic rings. The first-order chi connectivity index (χ1) is 9.11. The van der Waals surface area contributed by atoms with E-state index in [9.17, 15) is 4.79 Å². The number of likely N-dealkylation sites (N-methyl/N-ethyl adjacent to an activating group) is 1. The molecule has 1 fully saturated rings. The number of rotatable bonds is 4. The minimum atomic E-state index is 0.148. The van der Waals surface area contributed by atoms with Crippen LogP contribution in [0, 0.1) is 0 Å². The van der Waals surface area contributed by atoms with Crippen molar-refractivity contribution in [2.45, 2.75) is 25.8 Å². The maximum atomic E-state index is 11.4. The summed E-state index contributed by atoms with van der Waals surface area (Å²) < 4.78 is 5.32. The third kappa shape index (κ3) is 3.04. The smallest absolute Gasteiger partial charge is 0.242 e. The van der Waals surface area contributed by atoms with Crippen molar-refractivity contribution in [2.75, 3.05) is 31.2 Å². The number of aromatic nitrogens is 2. The molecule has 3 N–H and O–H groups in total. The lowest BCUT2D eigenvalue weighted by Gasteiger charge is -2.30. The second kappa shape index (κ2) is 5.73. The molecule has 1 aliphatic heterocycles. The van der Waals surface area contributed by atoms with E-state index in [1.54, 1.807) is 11.9 Å². The molecular weight excluding hydrogens is 246 g/mol. The number of nitrogen functional groups attached to an aromatic ring is 1. The minimum absolute atomic E-state index is 0.148. The summed E-state index contributed by atoms with van der Waals surface area (Å²) in [6.45, 7) is 3.02. The van der Waals surface area contributed by atoms with Gasteiger partial charge in [-0.15, -0.1) is 0 Å². The first-order valence-electron chi connectivity index (χ1n) is 6.35. The van der Waals surface area contributed by atoms with Crippen LogP contribution in [0.4, 0.5) is 11.5 Å². The lowest BCUT2D eigenvalue weighted by molar-refractivity contribution is -0.132. The molecule has 1 saturated heterocycles. The number of nitrogens with one attached hydrogen (secondary N) is 1. The zero-order valence-corrected chi connectivity index (χ0v) is 11.2. The van der Waals surface area contributed by atoms with Gasteiger partial charge in [0.25, 0.3) is 0 Å². The van der Waals surface area contributed by atoms with Crippen molar-refractivity contribution < 1.29 is 9.53 Å². The summed E-state index contributed by atoms with van der Waals surface area (Å²) in [4.78, 5) is 21.3. The van der Waals surface area contributed by atoms with Crippen molar-refractivity contribution in [3.8, 4) is 5.88 Å². The van der Waals surface area contributed by atoms with E-state index in [0.717, 1.165) is 6.42 Å². The Morgan fingerprint density at radius 1 is 1.58 bits per heavy atom. The highest BCUT2D eigenvalue weighted by molar-refractivity contribution is 5.77. The van der Waals surface area contributed by atoms with Gasteiger partial charge in [-0.1, -0.05) is 0 Å². The Hall–Kier alpha value is -2.05. The lowest BCUT2D eigenvalue weighted by atomic mass is 10.1. The van der Waals surface area contributed by atoms with E-state index in [2.05, 4.69) is 15.3 Å². The summed E-state index contributed by atoms with van der Waals surface area (Å²) in [7, 11) is 1.80. The average molecular weight is 265 g/mol. The molecule has 0 spiro atoms. The van der Waals surface area contributed by atoms with Crippen molar-refractivity contribution in [3.05, 3.63) is 6.33 Å². The molecule has 0 radical (unpaired) electrons. The van der Waals surface area contributed by atoms with Gasteiger partial charge >= 0.3 is 0 Å². The summed E-state index contributed by atoms with van der Waals surface area (Å²) in [5.41, 5.74) is 6.36. The number of nitrogens with two attached hydrogens (primary N) is 1. The molecule has 1 aromatic heterocycles. The number of piperidine rings is 1. The number of hydrogen-bond acceptors (Lipinski definition) is 6. The number of ether oxygens (including phenoxy) is 1. The molecule has 0 saturated carbocycles. The topological polar surface area (TPSA) is 93.4 Å². The van der Waals surface area contributed by atoms with Gasteiger partial charge in [-0.25, -0.2) is 4.98 Å². The number of carbonyl (C=O) groups excluding carboxylic acids is 1. The van der Waals surface area contributed by atoms with E-state index in [1.807, 2.05) is 6.92 Å². The van der Waals surface area contributed by atoms with Gasteiger partial charge in [0.05, 0.1) is 6.61 Å². The molecule has 0 bridgehead atoms. The van der Waals surface area contributed by atoms with Crippen LogP contribution in [-0.2, 0) is 4.79 Å². The predicted molar refractivity (Wildman–Crippen MR) is 71.9 cm³/mol. The van der Waals surface area contributed by atoms with Crippen molar-refractivity contribution in [1.29, 1.82) is 0 Å². The standard InChI is InChI=1S/C12H19N5O2/c1-3-19-12-10(13)11(14-7-15-12)16-8-4-5-9(18)17(2)6-8/h7-8H,3-6,13H2,1-2H3,(H,14,15,16). The Morgan fingerprint density at radius 3 is 3.05 bits per heavy atom. The molecule has 1 amide bonds. The van der Waals surface area contributed by atoms with Gasteiger partial charge < -0.3 is 20.7 Å². The first-order valence-corrected chi connectivity index (χ1v) is 6.35. The van der Waals surface area contributed by atoms with Gasteiger partial charge in [0.15, 0.2) is 5.82 Å². The molecule has 0 aliphatic carbocycles. The van der Waals surface area contributed by atoms with Crippen molar-refractivity contribution in [2.24, 2.45) is 0 Å². The van der Waals surface area contributed by atoms with Crippen LogP contribution < -0.4 is 15.8 Å². The zero-order chi connectivity index (χ0) is 13.8. The van der Waals surface area contributed by atoms with Crippen molar-refractivity contribution in [3.63, 3.8) is 0 Å². The fourth-order valence-electron chi connectivity index (χ4n) is 2.07. The summed E-state index contributed by atoms with van der Waals surface area (Å²) in [6.07, 6.45) is 2.73. The summed E-state index contributed by atoms with van der Waals surface area (Å²) in [5, 5.41) is 3.25. The molecule has 1 unspecified atom stereocenters. The van der Waals surface area contributed by atoms with Gasteiger partial charge in [-0.3, -0.25) is 4.79 Å². The zero-order valence-electron chi connectivity index (χ0n) is 11.2. The Labute approximate surface area is 112 Å². The largest absolute Gasteiger partial charge is 0.476 e. The van der Waals surface area contributed by atoms with Crippen LogP contribution in [0.15, 0.2) is 6.33 Å². The molecule has 19 heavy (non-hydrogen) atoms. The fraction of sp³-hybridized carbons (Fsp3) is 0.583. The monoisotopic (exact) mass is 265 g/mol. The second-order valence-corrected chi connectivity index (χ2v) is 4.53. The number of amides is 1. The Kier molecular flexibility index (Phi) is 4.03. The van der Waals surface area contributed by atoms with Crippen LogP contribution in [0.25, 0.3) is 0 Å². The van der Waals surface area contributed by atoms with Crippen LogP contribution in [0.2, 0.25) is 0 Å². The van der Waals surface area contributed by atoms with E-state index < -0.39 is 0 Å². The summed E-state index contributed by atoms with van der Waals surface area (Å²) in [5.74, 6) is 1.12. The lowest BCUT2D eigenvalue weighted by Crippen LogP contribution is -2.43. The third-order valence-electron chi connectivity index (χ3n) is 3.10. The highest BCUT2D eigenvalue weighted by Crippen LogP contribution is 2.26. The van der Waals surface area contributed by atoms with Crippen LogP contribution in [-0.4, -0.2) is 47.0 Å². The SMILES string of the molecule is CCOc1ncnc(NC2CCC(=O)N(C)C2)c1N. The number of hydrogen-bond donors (Lipinski definition) is 2. The van der Waals surface area contributed by atoms with Gasteiger partial charge in [0.2, 0.25) is 11.8 Å². The van der Waals surface area contributed by atoms with Gasteiger partial charge in [0, 0.05) is 26.1 Å². The second-order valence-electron chi connectivity index (χ2n) is 4.53. The normalized spacial score (nSPS) is 19.4. The van der Waals surface area contributed by atoms with Gasteiger partial charge in [-0.05, 0) is 13.3 Å². The van der Waals surface area contributed by atoms with Crippen molar-refractivity contribution in [1.82, 2.24) is 14.9 Å². The van der Waals surface area contributed by atoms with Crippen LogP contribution in [0.1, 0.15) is 19.8 Å². The van der Waals surface area contributed by atoms with Gasteiger partial charge in [-0.2, -0.15) is 4.98 Å². The maximum absolute atomic E-state index is 11.4. The number of nitrogens with zero attached hydrogens (tertiary/aromatic N) is 3. The summed E-state index contributed by atoms with van der Waals surface area (Å²) >= 11 is 0. The highest BCUT2D eigenvalue weighted by atomic mass is 16.5. The number of carbonyl (C=O) groups is 1. The maximum Gasteiger partial charge on any atom is 0.242 e. The number of anilines is 2. The molecule has 2 heterocycles.